The van der Waals surface area contributed by atoms with Gasteiger partial charge in [-0.15, -0.1) is 0 Å². The minimum Gasteiger partial charge on any atom is -0.396 e. The van der Waals surface area contributed by atoms with E-state index < -0.39 is 5.91 Å². The van der Waals surface area contributed by atoms with Gasteiger partial charge >= 0.3 is 0 Å². The number of nitrogens with one attached hydrogen (secondary N) is 1. The predicted molar refractivity (Wildman–Crippen MR) is 72.5 cm³/mol. The van der Waals surface area contributed by atoms with Gasteiger partial charge in [-0.3, -0.25) is 19.7 Å². The SMILES string of the molecule is CC(CO)CSCC(=O)NC(=O)CN1CCCC1=O. The van der Waals surface area contributed by atoms with Gasteiger partial charge in [0.15, 0.2) is 0 Å². The van der Waals surface area contributed by atoms with Crippen LogP contribution in [-0.4, -0.2) is 58.9 Å². The number of amides is 3. The van der Waals surface area contributed by atoms with Gasteiger partial charge in [0.1, 0.15) is 0 Å². The second-order valence-electron chi connectivity index (χ2n) is 4.69. The molecule has 1 heterocycles. The lowest BCUT2D eigenvalue weighted by Crippen LogP contribution is -2.41. The molecule has 1 fully saturated rings. The number of carbonyl (C=O) groups is 3. The highest BCUT2D eigenvalue weighted by Crippen LogP contribution is 2.09. The zero-order chi connectivity index (χ0) is 14.3. The summed E-state index contributed by atoms with van der Waals surface area (Å²) in [4.78, 5) is 35.8. The molecule has 0 aromatic carbocycles. The van der Waals surface area contributed by atoms with Crippen molar-refractivity contribution in [3.8, 4) is 0 Å². The van der Waals surface area contributed by atoms with Gasteiger partial charge in [0.05, 0.1) is 12.3 Å². The highest BCUT2D eigenvalue weighted by atomic mass is 32.2. The van der Waals surface area contributed by atoms with Crippen molar-refractivity contribution in [2.24, 2.45) is 5.92 Å². The number of thioether (sulfide) groups is 1. The molecular formula is C12H20N2O4S. The summed E-state index contributed by atoms with van der Waals surface area (Å²) in [6.07, 6.45) is 1.26. The number of nitrogens with zero attached hydrogens (tertiary/aromatic N) is 1. The van der Waals surface area contributed by atoms with Crippen molar-refractivity contribution in [3.05, 3.63) is 0 Å². The van der Waals surface area contributed by atoms with Crippen LogP contribution in [0, 0.1) is 5.92 Å². The second kappa shape index (κ2) is 8.16. The Morgan fingerprint density at radius 3 is 2.79 bits per heavy atom. The van der Waals surface area contributed by atoms with Gasteiger partial charge in [-0.1, -0.05) is 6.92 Å². The lowest BCUT2D eigenvalue weighted by atomic mass is 10.2. The molecule has 0 radical (unpaired) electrons. The van der Waals surface area contributed by atoms with Gasteiger partial charge in [-0.25, -0.2) is 0 Å². The van der Waals surface area contributed by atoms with Crippen LogP contribution in [0.3, 0.4) is 0 Å². The van der Waals surface area contributed by atoms with E-state index in [1.54, 1.807) is 0 Å². The van der Waals surface area contributed by atoms with E-state index in [-0.39, 0.29) is 36.6 Å². The Morgan fingerprint density at radius 2 is 2.21 bits per heavy atom. The van der Waals surface area contributed by atoms with Crippen molar-refractivity contribution in [2.45, 2.75) is 19.8 Å². The maximum absolute atomic E-state index is 11.5. The van der Waals surface area contributed by atoms with Gasteiger partial charge in [-0.2, -0.15) is 11.8 Å². The molecule has 0 bridgehead atoms. The molecule has 6 nitrogen and oxygen atoms in total. The van der Waals surface area contributed by atoms with Crippen LogP contribution < -0.4 is 5.32 Å². The molecule has 0 aliphatic carbocycles. The number of hydrogen-bond acceptors (Lipinski definition) is 5. The van der Waals surface area contributed by atoms with Crippen LogP contribution in [0.1, 0.15) is 19.8 Å². The smallest absolute Gasteiger partial charge is 0.246 e. The molecule has 7 heteroatoms. The van der Waals surface area contributed by atoms with Crippen LogP contribution in [0.15, 0.2) is 0 Å². The normalized spacial score (nSPS) is 16.5. The summed E-state index contributed by atoms with van der Waals surface area (Å²) in [6.45, 7) is 2.52. The lowest BCUT2D eigenvalue weighted by Gasteiger charge is -2.14. The third kappa shape index (κ3) is 6.07. The summed E-state index contributed by atoms with van der Waals surface area (Å²) in [5.74, 6) is 0.166. The van der Waals surface area contributed by atoms with Crippen LogP contribution in [-0.2, 0) is 14.4 Å². The molecule has 1 aliphatic heterocycles. The average molecular weight is 288 g/mol. The Bertz CT molecular complexity index is 349. The highest BCUT2D eigenvalue weighted by molar-refractivity contribution is 7.99. The Labute approximate surface area is 116 Å². The maximum atomic E-state index is 11.5. The molecule has 19 heavy (non-hydrogen) atoms. The molecule has 1 rings (SSSR count). The second-order valence-corrected chi connectivity index (χ2v) is 5.72. The molecule has 1 saturated heterocycles. The first-order valence-corrected chi connectivity index (χ1v) is 7.47. The van der Waals surface area contributed by atoms with Gasteiger partial charge in [0, 0.05) is 19.6 Å². The molecule has 0 saturated carbocycles. The lowest BCUT2D eigenvalue weighted by molar-refractivity contribution is -0.135. The van der Waals surface area contributed by atoms with Gasteiger partial charge < -0.3 is 10.0 Å². The van der Waals surface area contributed by atoms with Crippen LogP contribution >= 0.6 is 11.8 Å². The van der Waals surface area contributed by atoms with Gasteiger partial charge in [0.25, 0.3) is 0 Å². The maximum Gasteiger partial charge on any atom is 0.246 e. The Kier molecular flexibility index (Phi) is 6.86. The van der Waals surface area contributed by atoms with E-state index in [4.69, 9.17) is 5.11 Å². The number of hydrogen-bond donors (Lipinski definition) is 2. The molecule has 3 amide bonds. The first-order chi connectivity index (χ1) is 9.02. The monoisotopic (exact) mass is 288 g/mol. The fourth-order valence-electron chi connectivity index (χ4n) is 1.68. The van der Waals surface area contributed by atoms with Gasteiger partial charge in [0.2, 0.25) is 17.7 Å². The van der Waals surface area contributed by atoms with Crippen LogP contribution in [0.25, 0.3) is 0 Å². The minimum absolute atomic E-state index is 0.0336. The van der Waals surface area contributed by atoms with E-state index in [9.17, 15) is 14.4 Å². The molecule has 0 spiro atoms. The van der Waals surface area contributed by atoms with E-state index in [0.717, 1.165) is 6.42 Å². The molecule has 1 atom stereocenters. The number of carbonyl (C=O) groups excluding carboxylic acids is 3. The largest absolute Gasteiger partial charge is 0.396 e. The third-order valence-electron chi connectivity index (χ3n) is 2.73. The van der Waals surface area contributed by atoms with Crippen molar-refractivity contribution in [3.63, 3.8) is 0 Å². The molecule has 2 N–H and O–H groups in total. The zero-order valence-corrected chi connectivity index (χ0v) is 11.9. The Hall–Kier alpha value is -1.08. The number of aliphatic hydroxyl groups excluding tert-OH is 1. The Balaban J connectivity index is 2.17. The molecule has 108 valence electrons. The quantitative estimate of drug-likeness (QED) is 0.666. The number of aliphatic hydroxyl groups is 1. The summed E-state index contributed by atoms with van der Waals surface area (Å²) in [5, 5.41) is 11.1. The minimum atomic E-state index is -0.434. The summed E-state index contributed by atoms with van der Waals surface area (Å²) in [5.41, 5.74) is 0. The standard InChI is InChI=1S/C12H20N2O4S/c1-9(6-15)7-19-8-11(17)13-10(16)5-14-4-2-3-12(14)18/h9,15H,2-8H2,1H3,(H,13,16,17). The van der Waals surface area contributed by atoms with Crippen molar-refractivity contribution in [1.29, 1.82) is 0 Å². The molecule has 0 aromatic heterocycles. The highest BCUT2D eigenvalue weighted by Gasteiger charge is 2.22. The molecule has 0 aromatic rings. The first kappa shape index (κ1) is 16.0. The van der Waals surface area contributed by atoms with Crippen LogP contribution in [0.2, 0.25) is 0 Å². The summed E-state index contributed by atoms with van der Waals surface area (Å²) in [6, 6.07) is 0. The van der Waals surface area contributed by atoms with E-state index in [2.05, 4.69) is 5.32 Å². The van der Waals surface area contributed by atoms with E-state index in [1.807, 2.05) is 6.92 Å². The Morgan fingerprint density at radius 1 is 1.47 bits per heavy atom. The van der Waals surface area contributed by atoms with Crippen LogP contribution in [0.5, 0.6) is 0 Å². The zero-order valence-electron chi connectivity index (χ0n) is 11.1. The van der Waals surface area contributed by atoms with Gasteiger partial charge in [-0.05, 0) is 18.1 Å². The first-order valence-electron chi connectivity index (χ1n) is 6.32. The molecule has 1 aliphatic rings. The fourth-order valence-corrected chi connectivity index (χ4v) is 2.56. The topological polar surface area (TPSA) is 86.7 Å². The predicted octanol–water partition coefficient (Wildman–Crippen LogP) is -0.387. The van der Waals surface area contributed by atoms with E-state index in [0.29, 0.717) is 18.7 Å². The fraction of sp³-hybridized carbons (Fsp3) is 0.750. The number of rotatable bonds is 7. The number of likely N-dealkylation sites (tertiary alicyclic amines) is 1. The van der Waals surface area contributed by atoms with Crippen molar-refractivity contribution >= 4 is 29.5 Å². The average Bonchev–Trinajstić information content (AvgIpc) is 2.74. The van der Waals surface area contributed by atoms with Crippen molar-refractivity contribution in [1.82, 2.24) is 10.2 Å². The third-order valence-corrected chi connectivity index (χ3v) is 4.00. The van der Waals surface area contributed by atoms with E-state index in [1.165, 1.54) is 16.7 Å². The van der Waals surface area contributed by atoms with Crippen LogP contribution in [0.4, 0.5) is 0 Å². The number of imide groups is 1. The summed E-state index contributed by atoms with van der Waals surface area (Å²) >= 11 is 1.37. The molecule has 1 unspecified atom stereocenters. The van der Waals surface area contributed by atoms with Crippen molar-refractivity contribution < 1.29 is 19.5 Å². The van der Waals surface area contributed by atoms with E-state index >= 15 is 0 Å². The summed E-state index contributed by atoms with van der Waals surface area (Å²) in [7, 11) is 0. The van der Waals surface area contributed by atoms with Crippen molar-refractivity contribution in [2.75, 3.05) is 31.2 Å². The summed E-state index contributed by atoms with van der Waals surface area (Å²) < 4.78 is 0. The molecular weight excluding hydrogens is 268 g/mol.